The molecule has 0 saturated heterocycles. The van der Waals surface area contributed by atoms with Gasteiger partial charge in [-0.05, 0) is 25.1 Å². The summed E-state index contributed by atoms with van der Waals surface area (Å²) in [4.78, 5) is 1.59. The molecule has 0 amide bonds. The van der Waals surface area contributed by atoms with Crippen molar-refractivity contribution in [2.45, 2.75) is 19.1 Å². The summed E-state index contributed by atoms with van der Waals surface area (Å²) in [6.45, 7) is 1.55. The van der Waals surface area contributed by atoms with Gasteiger partial charge < -0.3 is 20.9 Å². The van der Waals surface area contributed by atoms with Crippen LogP contribution in [0.3, 0.4) is 0 Å². The zero-order valence-corrected chi connectivity index (χ0v) is 11.0. The van der Waals surface area contributed by atoms with Crippen LogP contribution in [0.1, 0.15) is 18.1 Å². The molecule has 0 aliphatic heterocycles. The summed E-state index contributed by atoms with van der Waals surface area (Å²) in [7, 11) is 1.62. The minimum absolute atomic E-state index is 0.156. The van der Waals surface area contributed by atoms with Gasteiger partial charge in [-0.1, -0.05) is 5.16 Å². The van der Waals surface area contributed by atoms with Gasteiger partial charge in [0.2, 0.25) is 0 Å². The van der Waals surface area contributed by atoms with Crippen LogP contribution in [0.5, 0.6) is 0 Å². The maximum absolute atomic E-state index is 12.9. The lowest BCUT2D eigenvalue weighted by Crippen LogP contribution is -2.32. The fourth-order valence-corrected chi connectivity index (χ4v) is 1.64. The van der Waals surface area contributed by atoms with Gasteiger partial charge in [0, 0.05) is 24.3 Å². The Bertz CT molecular complexity index is 503. The minimum atomic E-state index is -4.61. The van der Waals surface area contributed by atoms with Crippen molar-refractivity contribution in [3.8, 4) is 0 Å². The number of aliphatic hydroxyl groups is 1. The van der Waals surface area contributed by atoms with E-state index in [0.717, 1.165) is 6.07 Å². The Morgan fingerprint density at radius 2 is 2.05 bits per heavy atom. The molecule has 0 spiro atoms. The van der Waals surface area contributed by atoms with Gasteiger partial charge in [-0.15, -0.1) is 0 Å². The molecule has 1 aromatic carbocycles. The normalized spacial score (nSPS) is 14.2. The molecular formula is C12H16F3N3O2. The average Bonchev–Trinajstić information content (AvgIpc) is 2.43. The van der Waals surface area contributed by atoms with Crippen LogP contribution in [0, 0.1) is 0 Å². The number of amidine groups is 1. The third-order valence-electron chi connectivity index (χ3n) is 3.02. The summed E-state index contributed by atoms with van der Waals surface area (Å²) >= 11 is 0. The van der Waals surface area contributed by atoms with Gasteiger partial charge in [-0.3, -0.25) is 0 Å². The lowest BCUT2D eigenvalue weighted by molar-refractivity contribution is -0.137. The fraction of sp³-hybridized carbons (Fsp3) is 0.417. The zero-order valence-electron chi connectivity index (χ0n) is 11.0. The molecule has 8 heteroatoms. The Hall–Kier alpha value is -1.96. The number of nitrogens with two attached hydrogens (primary N) is 1. The van der Waals surface area contributed by atoms with Crippen molar-refractivity contribution >= 4 is 11.5 Å². The molecule has 20 heavy (non-hydrogen) atoms. The molecule has 0 bridgehead atoms. The standard InChI is InChI=1S/C12H16F3N3O2/c1-7(6-19)18(2)8-3-4-10(12(13,14)15)9(5-8)11(16)17-20/h3-5,7,19-20H,6H2,1-2H3,(H2,16,17). The van der Waals surface area contributed by atoms with Gasteiger partial charge in [0.25, 0.3) is 0 Å². The molecule has 0 radical (unpaired) electrons. The van der Waals surface area contributed by atoms with Gasteiger partial charge in [0.15, 0.2) is 5.84 Å². The Balaban J connectivity index is 3.36. The van der Waals surface area contributed by atoms with E-state index in [0.29, 0.717) is 5.69 Å². The van der Waals surface area contributed by atoms with E-state index in [2.05, 4.69) is 5.16 Å². The number of aliphatic hydroxyl groups excluding tert-OH is 1. The third kappa shape index (κ3) is 3.32. The number of benzene rings is 1. The fourth-order valence-electron chi connectivity index (χ4n) is 1.64. The SMILES string of the molecule is CC(CO)N(C)c1ccc(C(F)(F)F)c(/C(N)=N/O)c1. The molecule has 1 unspecified atom stereocenters. The summed E-state index contributed by atoms with van der Waals surface area (Å²) in [5, 5.41) is 20.3. The van der Waals surface area contributed by atoms with Crippen molar-refractivity contribution in [1.82, 2.24) is 0 Å². The van der Waals surface area contributed by atoms with Crippen LogP contribution >= 0.6 is 0 Å². The van der Waals surface area contributed by atoms with Gasteiger partial charge in [-0.2, -0.15) is 13.2 Å². The predicted molar refractivity (Wildman–Crippen MR) is 68.9 cm³/mol. The Morgan fingerprint density at radius 3 is 2.50 bits per heavy atom. The molecule has 0 aliphatic rings. The first-order valence-corrected chi connectivity index (χ1v) is 5.75. The summed E-state index contributed by atoms with van der Waals surface area (Å²) in [6.07, 6.45) is -4.61. The van der Waals surface area contributed by atoms with E-state index in [9.17, 15) is 13.2 Å². The van der Waals surface area contributed by atoms with E-state index >= 15 is 0 Å². The number of alkyl halides is 3. The molecule has 1 aromatic rings. The van der Waals surface area contributed by atoms with Crippen LogP contribution in [-0.2, 0) is 6.18 Å². The van der Waals surface area contributed by atoms with E-state index < -0.39 is 23.1 Å². The third-order valence-corrected chi connectivity index (χ3v) is 3.02. The highest BCUT2D eigenvalue weighted by molar-refractivity contribution is 5.99. The largest absolute Gasteiger partial charge is 0.417 e. The number of oxime groups is 1. The van der Waals surface area contributed by atoms with E-state index in [4.69, 9.17) is 16.0 Å². The number of nitrogens with zero attached hydrogens (tertiary/aromatic N) is 2. The number of likely N-dealkylation sites (N-methyl/N-ethyl adjacent to an activating group) is 1. The summed E-state index contributed by atoms with van der Waals surface area (Å²) in [6, 6.07) is 3.02. The molecule has 1 rings (SSSR count). The second kappa shape index (κ2) is 6.00. The molecule has 0 aromatic heterocycles. The molecular weight excluding hydrogens is 275 g/mol. The van der Waals surface area contributed by atoms with Crippen LogP contribution < -0.4 is 10.6 Å². The summed E-state index contributed by atoms with van der Waals surface area (Å²) in [5.41, 5.74) is 4.33. The highest BCUT2D eigenvalue weighted by Gasteiger charge is 2.34. The topological polar surface area (TPSA) is 82.1 Å². The van der Waals surface area contributed by atoms with Crippen molar-refractivity contribution in [3.63, 3.8) is 0 Å². The van der Waals surface area contributed by atoms with E-state index in [1.165, 1.54) is 12.1 Å². The van der Waals surface area contributed by atoms with E-state index in [1.807, 2.05) is 0 Å². The maximum Gasteiger partial charge on any atom is 0.417 e. The molecule has 0 heterocycles. The van der Waals surface area contributed by atoms with Crippen molar-refractivity contribution in [2.24, 2.45) is 10.9 Å². The van der Waals surface area contributed by atoms with Crippen LogP contribution in [0.25, 0.3) is 0 Å². The molecule has 5 nitrogen and oxygen atoms in total. The minimum Gasteiger partial charge on any atom is -0.409 e. The van der Waals surface area contributed by atoms with Crippen molar-refractivity contribution in [3.05, 3.63) is 29.3 Å². The molecule has 0 saturated carbocycles. The van der Waals surface area contributed by atoms with Gasteiger partial charge in [0.1, 0.15) is 0 Å². The molecule has 0 fully saturated rings. The van der Waals surface area contributed by atoms with E-state index in [1.54, 1.807) is 18.9 Å². The number of hydrogen-bond acceptors (Lipinski definition) is 4. The first kappa shape index (κ1) is 16.1. The number of anilines is 1. The average molecular weight is 291 g/mol. The second-order valence-corrected chi connectivity index (χ2v) is 4.36. The molecule has 4 N–H and O–H groups in total. The van der Waals surface area contributed by atoms with Crippen molar-refractivity contribution in [2.75, 3.05) is 18.6 Å². The highest BCUT2D eigenvalue weighted by atomic mass is 19.4. The van der Waals surface area contributed by atoms with Gasteiger partial charge in [0.05, 0.1) is 12.2 Å². The lowest BCUT2D eigenvalue weighted by atomic mass is 10.0. The van der Waals surface area contributed by atoms with Crippen LogP contribution in [0.15, 0.2) is 23.4 Å². The molecule has 1 atom stereocenters. The number of halogens is 3. The first-order chi connectivity index (χ1) is 9.22. The monoisotopic (exact) mass is 291 g/mol. The zero-order chi connectivity index (χ0) is 15.5. The quantitative estimate of drug-likeness (QED) is 0.341. The number of rotatable bonds is 4. The van der Waals surface area contributed by atoms with E-state index in [-0.39, 0.29) is 12.6 Å². The lowest BCUT2D eigenvalue weighted by Gasteiger charge is -2.26. The predicted octanol–water partition coefficient (Wildman–Crippen LogP) is 1.62. The molecule has 112 valence electrons. The van der Waals surface area contributed by atoms with Gasteiger partial charge in [-0.25, -0.2) is 0 Å². The Kier molecular flexibility index (Phi) is 4.83. The summed E-state index contributed by atoms with van der Waals surface area (Å²) in [5.74, 6) is -0.621. The second-order valence-electron chi connectivity index (χ2n) is 4.36. The smallest absolute Gasteiger partial charge is 0.409 e. The first-order valence-electron chi connectivity index (χ1n) is 5.75. The van der Waals surface area contributed by atoms with Crippen molar-refractivity contribution in [1.29, 1.82) is 0 Å². The number of hydrogen-bond donors (Lipinski definition) is 3. The highest BCUT2D eigenvalue weighted by Crippen LogP contribution is 2.34. The van der Waals surface area contributed by atoms with Crippen LogP contribution in [0.4, 0.5) is 18.9 Å². The Morgan fingerprint density at radius 1 is 1.45 bits per heavy atom. The summed E-state index contributed by atoms with van der Waals surface area (Å²) < 4.78 is 38.6. The molecule has 0 aliphatic carbocycles. The van der Waals surface area contributed by atoms with Crippen LogP contribution in [0.2, 0.25) is 0 Å². The van der Waals surface area contributed by atoms with Crippen molar-refractivity contribution < 1.29 is 23.5 Å². The Labute approximate surface area is 114 Å². The van der Waals surface area contributed by atoms with Gasteiger partial charge >= 0.3 is 6.18 Å². The maximum atomic E-state index is 12.9. The van der Waals surface area contributed by atoms with Crippen LogP contribution in [-0.4, -0.2) is 35.8 Å².